The largest absolute Gasteiger partial charge is 0.374 e. The lowest BCUT2D eigenvalue weighted by Crippen LogP contribution is -2.45. The summed E-state index contributed by atoms with van der Waals surface area (Å²) in [4.78, 5) is 0. The fourth-order valence-corrected chi connectivity index (χ4v) is 2.84. The van der Waals surface area contributed by atoms with Crippen molar-refractivity contribution in [3.8, 4) is 0 Å². The van der Waals surface area contributed by atoms with Gasteiger partial charge in [0.1, 0.15) is 0 Å². The summed E-state index contributed by atoms with van der Waals surface area (Å²) in [5.74, 6) is 5.63. The molecule has 3 atom stereocenters. The molecule has 1 aromatic rings. The summed E-state index contributed by atoms with van der Waals surface area (Å²) >= 11 is 12.1. The zero-order valence-electron chi connectivity index (χ0n) is 10.3. The van der Waals surface area contributed by atoms with E-state index in [1.807, 2.05) is 12.1 Å². The van der Waals surface area contributed by atoms with Crippen LogP contribution in [0.5, 0.6) is 0 Å². The second-order valence-electron chi connectivity index (χ2n) is 4.78. The Morgan fingerprint density at radius 3 is 2.78 bits per heavy atom. The summed E-state index contributed by atoms with van der Waals surface area (Å²) in [7, 11) is 0. The molecule has 3 N–H and O–H groups in total. The zero-order valence-corrected chi connectivity index (χ0v) is 11.8. The summed E-state index contributed by atoms with van der Waals surface area (Å²) in [5.41, 5.74) is 3.87. The molecule has 0 saturated carbocycles. The Hall–Kier alpha value is -0.320. The SMILES string of the molecule is CC1CCC(C(Cc2ccc(Cl)cc2Cl)NN)O1. The van der Waals surface area contributed by atoms with Crippen LogP contribution >= 0.6 is 23.2 Å². The monoisotopic (exact) mass is 288 g/mol. The molecule has 1 saturated heterocycles. The van der Waals surface area contributed by atoms with Crippen LogP contribution in [-0.2, 0) is 11.2 Å². The standard InChI is InChI=1S/C13H18Cl2N2O/c1-8-2-5-13(18-8)12(17-16)6-9-3-4-10(14)7-11(9)15/h3-4,7-8,12-13,17H,2,5-6,16H2,1H3. The van der Waals surface area contributed by atoms with Crippen LogP contribution in [-0.4, -0.2) is 18.2 Å². The van der Waals surface area contributed by atoms with E-state index < -0.39 is 0 Å². The van der Waals surface area contributed by atoms with Gasteiger partial charge >= 0.3 is 0 Å². The van der Waals surface area contributed by atoms with E-state index in [1.54, 1.807) is 6.07 Å². The third-order valence-electron chi connectivity index (χ3n) is 3.38. The second kappa shape index (κ2) is 6.22. The minimum Gasteiger partial charge on any atom is -0.374 e. The predicted octanol–water partition coefficient (Wildman–Crippen LogP) is 2.94. The van der Waals surface area contributed by atoms with Crippen molar-refractivity contribution in [2.75, 3.05) is 0 Å². The van der Waals surface area contributed by atoms with Crippen molar-refractivity contribution >= 4 is 23.2 Å². The molecule has 3 unspecified atom stereocenters. The van der Waals surface area contributed by atoms with E-state index in [0.29, 0.717) is 16.1 Å². The summed E-state index contributed by atoms with van der Waals surface area (Å²) in [6.45, 7) is 2.09. The molecule has 1 heterocycles. The van der Waals surface area contributed by atoms with Crippen LogP contribution in [0, 0.1) is 0 Å². The van der Waals surface area contributed by atoms with Crippen LogP contribution in [0.4, 0.5) is 0 Å². The summed E-state index contributed by atoms with van der Waals surface area (Å²) in [5, 5.41) is 1.32. The van der Waals surface area contributed by atoms with Gasteiger partial charge in [-0.1, -0.05) is 29.3 Å². The highest BCUT2D eigenvalue weighted by atomic mass is 35.5. The molecule has 0 amide bonds. The molecule has 1 aliphatic heterocycles. The summed E-state index contributed by atoms with van der Waals surface area (Å²) < 4.78 is 5.84. The van der Waals surface area contributed by atoms with E-state index in [4.69, 9.17) is 33.8 Å². The highest BCUT2D eigenvalue weighted by Gasteiger charge is 2.29. The van der Waals surface area contributed by atoms with Crippen molar-refractivity contribution in [3.05, 3.63) is 33.8 Å². The van der Waals surface area contributed by atoms with Crippen LogP contribution in [0.25, 0.3) is 0 Å². The topological polar surface area (TPSA) is 47.3 Å². The average molecular weight is 289 g/mol. The quantitative estimate of drug-likeness (QED) is 0.662. The molecule has 2 rings (SSSR count). The molecule has 1 aliphatic rings. The molecule has 0 spiro atoms. The Labute approximate surface area is 118 Å². The van der Waals surface area contributed by atoms with Gasteiger partial charge in [-0.05, 0) is 43.9 Å². The molecule has 1 aromatic carbocycles. The van der Waals surface area contributed by atoms with Gasteiger partial charge in [-0.15, -0.1) is 0 Å². The maximum absolute atomic E-state index is 6.17. The van der Waals surface area contributed by atoms with Gasteiger partial charge in [0.05, 0.1) is 18.2 Å². The number of ether oxygens (including phenoxy) is 1. The molecule has 5 heteroatoms. The van der Waals surface area contributed by atoms with Gasteiger partial charge < -0.3 is 4.74 Å². The Morgan fingerprint density at radius 1 is 1.44 bits per heavy atom. The van der Waals surface area contributed by atoms with Gasteiger partial charge in [0.2, 0.25) is 0 Å². The number of nitrogens with two attached hydrogens (primary N) is 1. The van der Waals surface area contributed by atoms with E-state index in [-0.39, 0.29) is 12.1 Å². The summed E-state index contributed by atoms with van der Waals surface area (Å²) in [6.07, 6.45) is 3.31. The van der Waals surface area contributed by atoms with Crippen molar-refractivity contribution < 1.29 is 4.74 Å². The molecule has 0 aliphatic carbocycles. The maximum Gasteiger partial charge on any atom is 0.0749 e. The lowest BCUT2D eigenvalue weighted by atomic mass is 10.00. The van der Waals surface area contributed by atoms with Crippen LogP contribution < -0.4 is 11.3 Å². The lowest BCUT2D eigenvalue weighted by molar-refractivity contribution is 0.0320. The Kier molecular flexibility index (Phi) is 4.87. The van der Waals surface area contributed by atoms with Crippen molar-refractivity contribution in [1.82, 2.24) is 5.43 Å². The smallest absolute Gasteiger partial charge is 0.0749 e. The van der Waals surface area contributed by atoms with Gasteiger partial charge in [-0.2, -0.15) is 0 Å². The zero-order chi connectivity index (χ0) is 13.1. The van der Waals surface area contributed by atoms with Crippen molar-refractivity contribution in [2.45, 2.75) is 44.4 Å². The minimum absolute atomic E-state index is 0.0774. The first-order valence-electron chi connectivity index (χ1n) is 6.15. The number of benzene rings is 1. The minimum atomic E-state index is 0.0774. The molecule has 100 valence electrons. The first kappa shape index (κ1) is 14.1. The lowest BCUT2D eigenvalue weighted by Gasteiger charge is -2.23. The van der Waals surface area contributed by atoms with Crippen LogP contribution in [0.2, 0.25) is 10.0 Å². The van der Waals surface area contributed by atoms with Crippen molar-refractivity contribution in [1.29, 1.82) is 0 Å². The van der Waals surface area contributed by atoms with Gasteiger partial charge in [0.15, 0.2) is 0 Å². The van der Waals surface area contributed by atoms with Crippen molar-refractivity contribution in [3.63, 3.8) is 0 Å². The third kappa shape index (κ3) is 3.37. The molecular formula is C13H18Cl2N2O. The predicted molar refractivity (Wildman–Crippen MR) is 74.8 cm³/mol. The summed E-state index contributed by atoms with van der Waals surface area (Å²) in [6, 6.07) is 5.61. The van der Waals surface area contributed by atoms with Gasteiger partial charge in [-0.25, -0.2) is 0 Å². The van der Waals surface area contributed by atoms with E-state index in [9.17, 15) is 0 Å². The molecular weight excluding hydrogens is 271 g/mol. The third-order valence-corrected chi connectivity index (χ3v) is 3.97. The second-order valence-corrected chi connectivity index (χ2v) is 5.62. The molecule has 0 aromatic heterocycles. The number of hydrogen-bond donors (Lipinski definition) is 2. The maximum atomic E-state index is 6.17. The van der Waals surface area contributed by atoms with Gasteiger partial charge in [-0.3, -0.25) is 11.3 Å². The number of rotatable bonds is 4. The molecule has 3 nitrogen and oxygen atoms in total. The Bertz CT molecular complexity index is 414. The van der Waals surface area contributed by atoms with Crippen LogP contribution in [0.15, 0.2) is 18.2 Å². The number of nitrogens with one attached hydrogen (secondary N) is 1. The average Bonchev–Trinajstić information content (AvgIpc) is 2.75. The molecule has 0 bridgehead atoms. The molecule has 0 radical (unpaired) electrons. The molecule has 18 heavy (non-hydrogen) atoms. The van der Waals surface area contributed by atoms with Crippen LogP contribution in [0.3, 0.4) is 0 Å². The first-order chi connectivity index (χ1) is 8.60. The van der Waals surface area contributed by atoms with Gasteiger partial charge in [0, 0.05) is 10.0 Å². The van der Waals surface area contributed by atoms with Gasteiger partial charge in [0.25, 0.3) is 0 Å². The number of hydrazine groups is 1. The first-order valence-corrected chi connectivity index (χ1v) is 6.91. The number of halogens is 2. The van der Waals surface area contributed by atoms with E-state index in [1.165, 1.54) is 0 Å². The van der Waals surface area contributed by atoms with E-state index >= 15 is 0 Å². The fourth-order valence-electron chi connectivity index (χ4n) is 2.35. The Balaban J connectivity index is 2.05. The van der Waals surface area contributed by atoms with E-state index in [0.717, 1.165) is 24.8 Å². The highest BCUT2D eigenvalue weighted by molar-refractivity contribution is 6.35. The van der Waals surface area contributed by atoms with Crippen molar-refractivity contribution in [2.24, 2.45) is 5.84 Å². The van der Waals surface area contributed by atoms with E-state index in [2.05, 4.69) is 12.3 Å². The fraction of sp³-hybridized carbons (Fsp3) is 0.538. The normalized spacial score (nSPS) is 25.3. The Morgan fingerprint density at radius 2 is 2.22 bits per heavy atom. The van der Waals surface area contributed by atoms with Crippen LogP contribution in [0.1, 0.15) is 25.3 Å². The number of hydrogen-bond acceptors (Lipinski definition) is 3. The molecule has 1 fully saturated rings. The highest BCUT2D eigenvalue weighted by Crippen LogP contribution is 2.26.